The summed E-state index contributed by atoms with van der Waals surface area (Å²) in [5.74, 6) is 0.231. The summed E-state index contributed by atoms with van der Waals surface area (Å²) >= 11 is 4.00. The molecule has 1 N–H and O–H groups in total. The number of hydrogen-bond donors (Lipinski definition) is 1. The Morgan fingerprint density at radius 2 is 1.91 bits per heavy atom. The Morgan fingerprint density at radius 1 is 1.27 bits per heavy atom. The van der Waals surface area contributed by atoms with Crippen LogP contribution < -0.4 is 0 Å². The van der Waals surface area contributed by atoms with Gasteiger partial charge in [-0.3, -0.25) is 0 Å². The van der Waals surface area contributed by atoms with Crippen molar-refractivity contribution in [1.29, 1.82) is 5.26 Å². The van der Waals surface area contributed by atoms with Crippen molar-refractivity contribution in [3.63, 3.8) is 0 Å². The highest BCUT2D eigenvalue weighted by molar-refractivity contribution is 14.1. The molecular formula is C7H3I2NO. The summed E-state index contributed by atoms with van der Waals surface area (Å²) in [6, 6.07) is 5.29. The minimum Gasteiger partial charge on any atom is -0.507 e. The summed E-state index contributed by atoms with van der Waals surface area (Å²) in [4.78, 5) is 0. The number of aromatic hydroxyl groups is 1. The van der Waals surface area contributed by atoms with E-state index in [1.54, 1.807) is 12.1 Å². The molecule has 0 unspecified atom stereocenters. The molecule has 0 radical (unpaired) electrons. The van der Waals surface area contributed by atoms with Gasteiger partial charge in [-0.2, -0.15) is 5.26 Å². The van der Waals surface area contributed by atoms with Gasteiger partial charge in [-0.1, -0.05) is 0 Å². The van der Waals surface area contributed by atoms with Crippen LogP contribution in [0.5, 0.6) is 5.75 Å². The first-order valence-corrected chi connectivity index (χ1v) is 4.89. The van der Waals surface area contributed by atoms with Gasteiger partial charge in [0, 0.05) is 3.57 Å². The predicted octanol–water partition coefficient (Wildman–Crippen LogP) is 2.47. The van der Waals surface area contributed by atoms with Crippen molar-refractivity contribution in [2.45, 2.75) is 0 Å². The summed E-state index contributed by atoms with van der Waals surface area (Å²) in [6.45, 7) is 0. The minimum absolute atomic E-state index is 0.231. The Hall–Kier alpha value is -0.0300. The molecule has 0 atom stereocenters. The average molecular weight is 371 g/mol. The Balaban J connectivity index is 3.35. The van der Waals surface area contributed by atoms with E-state index in [1.807, 2.05) is 51.3 Å². The van der Waals surface area contributed by atoms with E-state index in [9.17, 15) is 5.11 Å². The fourth-order valence-electron chi connectivity index (χ4n) is 0.622. The second-order valence-electron chi connectivity index (χ2n) is 1.90. The van der Waals surface area contributed by atoms with Gasteiger partial charge in [-0.05, 0) is 57.3 Å². The van der Waals surface area contributed by atoms with E-state index in [1.165, 1.54) is 0 Å². The second kappa shape index (κ2) is 3.58. The quantitative estimate of drug-likeness (QED) is 0.713. The van der Waals surface area contributed by atoms with Crippen LogP contribution in [0.25, 0.3) is 0 Å². The van der Waals surface area contributed by atoms with Gasteiger partial charge in [-0.25, -0.2) is 0 Å². The van der Waals surface area contributed by atoms with Gasteiger partial charge in [0.2, 0.25) is 0 Å². The summed E-state index contributed by atoms with van der Waals surface area (Å²) in [7, 11) is 0. The van der Waals surface area contributed by atoms with E-state index in [2.05, 4.69) is 0 Å². The molecule has 0 aromatic heterocycles. The van der Waals surface area contributed by atoms with Gasteiger partial charge in [-0.15, -0.1) is 0 Å². The lowest BCUT2D eigenvalue weighted by molar-refractivity contribution is 0.471. The maximum atomic E-state index is 9.20. The monoisotopic (exact) mass is 371 g/mol. The second-order valence-corrected chi connectivity index (χ2v) is 4.22. The highest BCUT2D eigenvalue weighted by Gasteiger charge is 2.03. The summed E-state index contributed by atoms with van der Waals surface area (Å²) in [6.07, 6.45) is 0. The number of nitriles is 1. The van der Waals surface area contributed by atoms with Crippen LogP contribution in [0.15, 0.2) is 12.1 Å². The summed E-state index contributed by atoms with van der Waals surface area (Å²) < 4.78 is 1.49. The van der Waals surface area contributed by atoms with Crippen LogP contribution in [0.3, 0.4) is 0 Å². The average Bonchev–Trinajstić information content (AvgIpc) is 1.97. The van der Waals surface area contributed by atoms with Gasteiger partial charge in [0.15, 0.2) is 0 Å². The zero-order chi connectivity index (χ0) is 8.43. The molecule has 0 spiro atoms. The molecule has 2 nitrogen and oxygen atoms in total. The zero-order valence-electron chi connectivity index (χ0n) is 5.31. The van der Waals surface area contributed by atoms with Gasteiger partial charge in [0.05, 0.1) is 9.13 Å². The van der Waals surface area contributed by atoms with Crippen LogP contribution in [-0.4, -0.2) is 5.11 Å². The normalized spacial score (nSPS) is 9.18. The van der Waals surface area contributed by atoms with E-state index in [0.29, 0.717) is 9.13 Å². The number of rotatable bonds is 0. The lowest BCUT2D eigenvalue weighted by Gasteiger charge is -1.98. The molecule has 4 heteroatoms. The smallest absolute Gasteiger partial charge is 0.130 e. The number of halogens is 2. The van der Waals surface area contributed by atoms with Crippen LogP contribution in [0.1, 0.15) is 5.56 Å². The van der Waals surface area contributed by atoms with Crippen LogP contribution in [0.4, 0.5) is 0 Å². The predicted molar refractivity (Wildman–Crippen MR) is 58.3 cm³/mol. The van der Waals surface area contributed by atoms with Crippen molar-refractivity contribution >= 4 is 45.2 Å². The van der Waals surface area contributed by atoms with Crippen LogP contribution in [0, 0.1) is 18.5 Å². The molecule has 0 aliphatic heterocycles. The molecular weight excluding hydrogens is 368 g/mol. The van der Waals surface area contributed by atoms with Crippen molar-refractivity contribution in [2.24, 2.45) is 0 Å². The largest absolute Gasteiger partial charge is 0.507 e. The topological polar surface area (TPSA) is 44.0 Å². The molecule has 1 rings (SSSR count). The van der Waals surface area contributed by atoms with Crippen LogP contribution in [0.2, 0.25) is 0 Å². The fourth-order valence-corrected chi connectivity index (χ4v) is 1.66. The third-order valence-electron chi connectivity index (χ3n) is 1.16. The third kappa shape index (κ3) is 1.96. The van der Waals surface area contributed by atoms with Crippen LogP contribution >= 0.6 is 45.2 Å². The fraction of sp³-hybridized carbons (Fsp3) is 0. The number of phenols is 1. The van der Waals surface area contributed by atoms with Gasteiger partial charge in [0.1, 0.15) is 11.8 Å². The van der Waals surface area contributed by atoms with Crippen molar-refractivity contribution in [1.82, 2.24) is 0 Å². The molecule has 0 bridgehead atoms. The lowest BCUT2D eigenvalue weighted by atomic mass is 10.2. The third-order valence-corrected chi connectivity index (χ3v) is 2.91. The molecule has 0 fully saturated rings. The van der Waals surface area contributed by atoms with Crippen molar-refractivity contribution in [2.75, 3.05) is 0 Å². The Morgan fingerprint density at radius 3 is 2.45 bits per heavy atom. The maximum absolute atomic E-state index is 9.20. The lowest BCUT2D eigenvalue weighted by Crippen LogP contribution is -1.83. The van der Waals surface area contributed by atoms with E-state index in [0.717, 1.165) is 3.57 Å². The highest BCUT2D eigenvalue weighted by atomic mass is 127. The van der Waals surface area contributed by atoms with E-state index < -0.39 is 0 Å². The van der Waals surface area contributed by atoms with Gasteiger partial charge in [0.25, 0.3) is 0 Å². The summed E-state index contributed by atoms with van der Waals surface area (Å²) in [5.41, 5.74) is 0.604. The van der Waals surface area contributed by atoms with Crippen molar-refractivity contribution in [3.05, 3.63) is 24.8 Å². The van der Waals surface area contributed by atoms with Crippen molar-refractivity contribution in [3.8, 4) is 11.8 Å². The molecule has 0 saturated carbocycles. The number of nitrogens with zero attached hydrogens (tertiary/aromatic N) is 1. The Labute approximate surface area is 91.5 Å². The molecule has 1 aromatic carbocycles. The SMILES string of the molecule is N#Cc1cc(I)c(O)cc1I. The Kier molecular flexibility index (Phi) is 2.95. The van der Waals surface area contributed by atoms with Crippen LogP contribution in [-0.2, 0) is 0 Å². The van der Waals surface area contributed by atoms with E-state index >= 15 is 0 Å². The molecule has 56 valence electrons. The molecule has 1 aromatic rings. The molecule has 0 saturated heterocycles. The molecule has 0 aliphatic rings. The van der Waals surface area contributed by atoms with E-state index in [-0.39, 0.29) is 5.75 Å². The maximum Gasteiger partial charge on any atom is 0.130 e. The number of phenolic OH excluding ortho intramolecular Hbond substituents is 1. The summed E-state index contributed by atoms with van der Waals surface area (Å²) in [5, 5.41) is 17.8. The first-order valence-electron chi connectivity index (χ1n) is 2.73. The number of hydrogen-bond acceptors (Lipinski definition) is 2. The standard InChI is InChI=1S/C7H3I2NO/c8-5-2-7(11)6(9)1-4(5)3-10/h1-2,11H. The molecule has 11 heavy (non-hydrogen) atoms. The Bertz CT molecular complexity index is 330. The zero-order valence-corrected chi connectivity index (χ0v) is 9.62. The molecule has 0 amide bonds. The first-order chi connectivity index (χ1) is 5.15. The molecule has 0 aliphatic carbocycles. The van der Waals surface area contributed by atoms with E-state index in [4.69, 9.17) is 5.26 Å². The molecule has 0 heterocycles. The highest BCUT2D eigenvalue weighted by Crippen LogP contribution is 2.24. The van der Waals surface area contributed by atoms with Crippen molar-refractivity contribution < 1.29 is 5.11 Å². The number of benzene rings is 1. The van der Waals surface area contributed by atoms with Gasteiger partial charge < -0.3 is 5.11 Å². The van der Waals surface area contributed by atoms with Gasteiger partial charge >= 0.3 is 0 Å². The minimum atomic E-state index is 0.231. The first kappa shape index (κ1) is 9.06.